The van der Waals surface area contributed by atoms with Crippen molar-refractivity contribution in [3.63, 3.8) is 0 Å². The van der Waals surface area contributed by atoms with E-state index >= 15 is 0 Å². The van der Waals surface area contributed by atoms with Crippen LogP contribution in [0.4, 0.5) is 30.6 Å². The van der Waals surface area contributed by atoms with E-state index < -0.39 is 11.7 Å². The van der Waals surface area contributed by atoms with E-state index in [9.17, 15) is 13.2 Å². The van der Waals surface area contributed by atoms with E-state index in [0.717, 1.165) is 11.6 Å². The first-order chi connectivity index (χ1) is 13.5. The molecule has 2 aromatic heterocycles. The Hall–Kier alpha value is -3.16. The van der Waals surface area contributed by atoms with Crippen molar-refractivity contribution in [2.45, 2.75) is 39.4 Å². The number of alkyl halides is 3. The van der Waals surface area contributed by atoms with Gasteiger partial charge in [0.05, 0.1) is 11.3 Å². The Labute approximate surface area is 167 Å². The van der Waals surface area contributed by atoms with Crippen LogP contribution in [0.5, 0.6) is 0 Å². The van der Waals surface area contributed by atoms with Crippen molar-refractivity contribution in [3.05, 3.63) is 59.9 Å². The quantitative estimate of drug-likeness (QED) is 0.577. The molecule has 0 spiro atoms. The maximum absolute atomic E-state index is 13.2. The summed E-state index contributed by atoms with van der Waals surface area (Å²) in [6.45, 7) is 7.35. The van der Waals surface area contributed by atoms with Gasteiger partial charge in [0.25, 0.3) is 0 Å². The minimum absolute atomic E-state index is 0.165. The van der Waals surface area contributed by atoms with Gasteiger partial charge in [-0.25, -0.2) is 4.98 Å². The number of aromatic nitrogens is 3. The maximum Gasteiger partial charge on any atom is 0.416 e. The number of benzene rings is 1. The predicted molar refractivity (Wildman–Crippen MR) is 108 cm³/mol. The highest BCUT2D eigenvalue weighted by Crippen LogP contribution is 2.34. The summed E-state index contributed by atoms with van der Waals surface area (Å²) in [7, 11) is 0. The van der Waals surface area contributed by atoms with Crippen LogP contribution in [-0.2, 0) is 6.18 Å². The van der Waals surface area contributed by atoms with Crippen LogP contribution in [-0.4, -0.2) is 20.5 Å². The van der Waals surface area contributed by atoms with Gasteiger partial charge in [-0.2, -0.15) is 18.2 Å². The number of nitrogens with one attached hydrogen (secondary N) is 2. The minimum Gasteiger partial charge on any atom is -0.350 e. The lowest BCUT2D eigenvalue weighted by Gasteiger charge is -2.21. The zero-order valence-corrected chi connectivity index (χ0v) is 16.6. The summed E-state index contributed by atoms with van der Waals surface area (Å²) in [6.07, 6.45) is -1.12. The highest BCUT2D eigenvalue weighted by Gasteiger charge is 2.32. The normalized spacial score (nSPS) is 12.0. The fourth-order valence-corrected chi connectivity index (χ4v) is 2.73. The van der Waals surface area contributed by atoms with E-state index in [1.165, 1.54) is 13.0 Å². The third-order valence-electron chi connectivity index (χ3n) is 4.00. The third-order valence-corrected chi connectivity index (χ3v) is 4.00. The molecular formula is C21H22F3N5. The van der Waals surface area contributed by atoms with Crippen LogP contribution in [0.25, 0.3) is 11.3 Å². The number of hydrogen-bond acceptors (Lipinski definition) is 5. The maximum atomic E-state index is 13.2. The van der Waals surface area contributed by atoms with Crippen LogP contribution in [0, 0.1) is 6.92 Å². The lowest BCUT2D eigenvalue weighted by Crippen LogP contribution is -2.27. The van der Waals surface area contributed by atoms with E-state index in [4.69, 9.17) is 0 Å². The zero-order valence-electron chi connectivity index (χ0n) is 16.6. The van der Waals surface area contributed by atoms with Crippen molar-refractivity contribution < 1.29 is 13.2 Å². The molecule has 0 radical (unpaired) electrons. The van der Waals surface area contributed by atoms with E-state index in [1.807, 2.05) is 20.8 Å². The number of anilines is 3. The Balaban J connectivity index is 2.01. The van der Waals surface area contributed by atoms with E-state index in [2.05, 4.69) is 25.6 Å². The first kappa shape index (κ1) is 20.6. The van der Waals surface area contributed by atoms with Crippen molar-refractivity contribution in [1.82, 2.24) is 15.0 Å². The molecule has 0 atom stereocenters. The third kappa shape index (κ3) is 5.43. The topological polar surface area (TPSA) is 62.7 Å². The van der Waals surface area contributed by atoms with Gasteiger partial charge in [-0.3, -0.25) is 4.98 Å². The number of aryl methyl sites for hydroxylation is 1. The summed E-state index contributed by atoms with van der Waals surface area (Å²) >= 11 is 0. The summed E-state index contributed by atoms with van der Waals surface area (Å²) < 4.78 is 39.7. The molecule has 0 saturated heterocycles. The molecule has 2 heterocycles. The van der Waals surface area contributed by atoms with Gasteiger partial charge < -0.3 is 10.6 Å². The zero-order chi connectivity index (χ0) is 21.2. The summed E-state index contributed by atoms with van der Waals surface area (Å²) in [4.78, 5) is 13.0. The molecule has 0 unspecified atom stereocenters. The van der Waals surface area contributed by atoms with Gasteiger partial charge in [0.1, 0.15) is 5.82 Å². The van der Waals surface area contributed by atoms with Crippen molar-refractivity contribution in [2.75, 3.05) is 10.6 Å². The summed E-state index contributed by atoms with van der Waals surface area (Å²) in [6, 6.07) is 9.41. The molecular weight excluding hydrogens is 379 g/mol. The van der Waals surface area contributed by atoms with Gasteiger partial charge in [-0.05, 0) is 57.5 Å². The Kier molecular flexibility index (Phi) is 5.46. The van der Waals surface area contributed by atoms with Gasteiger partial charge in [-0.1, -0.05) is 6.07 Å². The van der Waals surface area contributed by atoms with Gasteiger partial charge in [0, 0.05) is 35.2 Å². The number of pyridine rings is 1. The highest BCUT2D eigenvalue weighted by molar-refractivity contribution is 5.67. The van der Waals surface area contributed by atoms with Crippen LogP contribution < -0.4 is 10.6 Å². The molecule has 0 aliphatic heterocycles. The lowest BCUT2D eigenvalue weighted by atomic mass is 10.1. The number of nitrogens with zero attached hydrogens (tertiary/aromatic N) is 3. The van der Waals surface area contributed by atoms with E-state index in [-0.39, 0.29) is 11.1 Å². The summed E-state index contributed by atoms with van der Waals surface area (Å²) in [5, 5.41) is 6.18. The van der Waals surface area contributed by atoms with Gasteiger partial charge in [-0.15, -0.1) is 0 Å². The second-order valence-electron chi connectivity index (χ2n) is 7.73. The fraction of sp³-hybridized carbons (Fsp3) is 0.286. The SMILES string of the molecule is Cc1ccc(Nc2cc(-c3ccncc3)nc(NC(C)(C)C)n2)cc1C(F)(F)F. The van der Waals surface area contributed by atoms with Crippen LogP contribution in [0.1, 0.15) is 31.9 Å². The summed E-state index contributed by atoms with van der Waals surface area (Å²) in [5.41, 5.74) is 0.935. The Bertz CT molecular complexity index is 995. The predicted octanol–water partition coefficient (Wildman–Crippen LogP) is 5.82. The van der Waals surface area contributed by atoms with Crippen molar-refractivity contribution in [3.8, 4) is 11.3 Å². The van der Waals surface area contributed by atoms with Crippen molar-refractivity contribution in [1.29, 1.82) is 0 Å². The standard InChI is InChI=1S/C21H22F3N5/c1-13-5-6-15(11-16(13)21(22,23)24)26-18-12-17(14-7-9-25-10-8-14)27-19(28-18)29-20(2,3)4/h5-12H,1-4H3,(H2,26,27,28,29). The monoisotopic (exact) mass is 401 g/mol. The van der Waals surface area contributed by atoms with Gasteiger partial charge >= 0.3 is 6.18 Å². The molecule has 3 rings (SSSR count). The van der Waals surface area contributed by atoms with Crippen LogP contribution in [0.3, 0.4) is 0 Å². The van der Waals surface area contributed by atoms with Gasteiger partial charge in [0.15, 0.2) is 0 Å². The molecule has 0 fully saturated rings. The second kappa shape index (κ2) is 7.69. The number of rotatable bonds is 4. The first-order valence-corrected chi connectivity index (χ1v) is 9.04. The molecule has 0 aliphatic rings. The first-order valence-electron chi connectivity index (χ1n) is 9.04. The summed E-state index contributed by atoms with van der Waals surface area (Å²) in [5.74, 6) is 0.757. The molecule has 29 heavy (non-hydrogen) atoms. The van der Waals surface area contributed by atoms with E-state index in [0.29, 0.717) is 23.1 Å². The molecule has 0 amide bonds. The fourth-order valence-electron chi connectivity index (χ4n) is 2.73. The molecule has 0 bridgehead atoms. The van der Waals surface area contributed by atoms with Gasteiger partial charge in [0.2, 0.25) is 5.95 Å². The lowest BCUT2D eigenvalue weighted by molar-refractivity contribution is -0.138. The Morgan fingerprint density at radius 1 is 0.897 bits per heavy atom. The Morgan fingerprint density at radius 3 is 2.21 bits per heavy atom. The molecule has 152 valence electrons. The molecule has 0 aliphatic carbocycles. The van der Waals surface area contributed by atoms with Crippen molar-refractivity contribution in [2.24, 2.45) is 0 Å². The highest BCUT2D eigenvalue weighted by atomic mass is 19.4. The second-order valence-corrected chi connectivity index (χ2v) is 7.73. The van der Waals surface area contributed by atoms with E-state index in [1.54, 1.807) is 36.7 Å². The minimum atomic E-state index is -4.42. The molecule has 5 nitrogen and oxygen atoms in total. The largest absolute Gasteiger partial charge is 0.416 e. The molecule has 3 aromatic rings. The van der Waals surface area contributed by atoms with Crippen LogP contribution in [0.2, 0.25) is 0 Å². The van der Waals surface area contributed by atoms with Crippen molar-refractivity contribution >= 4 is 17.5 Å². The average molecular weight is 401 g/mol. The number of hydrogen-bond donors (Lipinski definition) is 2. The molecule has 1 aromatic carbocycles. The Morgan fingerprint density at radius 2 is 1.59 bits per heavy atom. The molecule has 8 heteroatoms. The average Bonchev–Trinajstić information content (AvgIpc) is 2.61. The van der Waals surface area contributed by atoms with Crippen LogP contribution in [0.15, 0.2) is 48.8 Å². The van der Waals surface area contributed by atoms with Crippen LogP contribution >= 0.6 is 0 Å². The smallest absolute Gasteiger partial charge is 0.350 e. The molecule has 0 saturated carbocycles. The number of halogens is 3. The molecule has 2 N–H and O–H groups in total.